The number of halogens is 1. The van der Waals surface area contributed by atoms with Gasteiger partial charge in [0, 0.05) is 0 Å². The molecule has 16 heteroatoms. The summed E-state index contributed by atoms with van der Waals surface area (Å²) in [6, 6.07) is 5.16. The molecule has 0 radical (unpaired) electrons. The van der Waals surface area contributed by atoms with E-state index in [9.17, 15) is 0 Å². The van der Waals surface area contributed by atoms with Crippen LogP contribution in [0, 0.1) is 0 Å². The van der Waals surface area contributed by atoms with E-state index in [1.807, 2.05) is 0 Å². The summed E-state index contributed by atoms with van der Waals surface area (Å²) in [7, 11) is 4.63. The van der Waals surface area contributed by atoms with E-state index in [-0.39, 0.29) is 0 Å². The zero-order valence-electron chi connectivity index (χ0n) is 20.6. The predicted octanol–water partition coefficient (Wildman–Crippen LogP) is 1.94. The summed E-state index contributed by atoms with van der Waals surface area (Å²) in [6.07, 6.45) is 11.0. The van der Waals surface area contributed by atoms with E-state index < -0.39 is 0 Å². The summed E-state index contributed by atoms with van der Waals surface area (Å²) in [4.78, 5) is 13.3. The first-order chi connectivity index (χ1) is 18.4. The summed E-state index contributed by atoms with van der Waals surface area (Å²) in [5, 5.41) is 15.5. The molecule has 0 unspecified atom stereocenters. The normalized spacial score (nSPS) is 9.89. The van der Waals surface area contributed by atoms with Crippen molar-refractivity contribution < 1.29 is 14.2 Å². The number of hydrogen-bond donors (Lipinski definition) is 3. The fraction of sp³-hybridized carbons (Fsp3) is 0.136. The maximum Gasteiger partial charge on any atom is 0.241 e. The number of nitrogens with zero attached hydrogens (tertiary/aromatic N) is 9. The number of nitrogens with two attached hydrogens (primary N) is 3. The summed E-state index contributed by atoms with van der Waals surface area (Å²) in [6.45, 7) is 0. The summed E-state index contributed by atoms with van der Waals surface area (Å²) >= 11 is 3.24. The van der Waals surface area contributed by atoms with Crippen molar-refractivity contribution in [1.29, 1.82) is 0 Å². The number of pyridine rings is 3. The van der Waals surface area contributed by atoms with Gasteiger partial charge in [-0.15, -0.1) is 9.90 Å². The van der Waals surface area contributed by atoms with Crippen molar-refractivity contribution in [2.24, 2.45) is 0 Å². The molecule has 5 rings (SSSR count). The number of aromatic nitrogens is 9. The third-order valence-electron chi connectivity index (χ3n) is 4.42. The lowest BCUT2D eigenvalue weighted by Gasteiger charge is -2.06. The number of nitrogen functional groups attached to an aromatic ring is 3. The van der Waals surface area contributed by atoms with Crippen LogP contribution in [0.25, 0.3) is 11.4 Å². The Kier molecular flexibility index (Phi) is 9.70. The van der Waals surface area contributed by atoms with Gasteiger partial charge >= 0.3 is 0 Å². The molecule has 0 aromatic carbocycles. The number of hydrogen-bond acceptors (Lipinski definition) is 13. The number of anilines is 3. The van der Waals surface area contributed by atoms with Crippen molar-refractivity contribution in [3.63, 3.8) is 0 Å². The molecule has 38 heavy (non-hydrogen) atoms. The van der Waals surface area contributed by atoms with Gasteiger partial charge < -0.3 is 31.4 Å². The van der Waals surface area contributed by atoms with Crippen LogP contribution in [0.2, 0.25) is 0 Å². The van der Waals surface area contributed by atoms with Crippen LogP contribution in [0.3, 0.4) is 0 Å². The zero-order valence-corrected chi connectivity index (χ0v) is 22.2. The second kappa shape index (κ2) is 13.4. The van der Waals surface area contributed by atoms with Gasteiger partial charge in [0.2, 0.25) is 17.6 Å². The SMILES string of the molecule is COc1ncc(N)cc1-n1ccnn1.COc1ncc(N)cc1-n1nccn1.COc1ncc(N)cc1Br. The highest BCUT2D eigenvalue weighted by Gasteiger charge is 2.08. The van der Waals surface area contributed by atoms with E-state index >= 15 is 0 Å². The molecule has 5 heterocycles. The predicted molar refractivity (Wildman–Crippen MR) is 143 cm³/mol. The van der Waals surface area contributed by atoms with E-state index in [2.05, 4.69) is 51.4 Å². The van der Waals surface area contributed by atoms with Gasteiger partial charge in [-0.1, -0.05) is 5.21 Å². The highest BCUT2D eigenvalue weighted by molar-refractivity contribution is 9.10. The van der Waals surface area contributed by atoms with Crippen LogP contribution in [-0.4, -0.2) is 66.3 Å². The van der Waals surface area contributed by atoms with Gasteiger partial charge in [-0.3, -0.25) is 0 Å². The molecule has 0 spiro atoms. The van der Waals surface area contributed by atoms with E-state index in [0.717, 1.165) is 4.47 Å². The molecular weight excluding hydrogens is 560 g/mol. The summed E-state index contributed by atoms with van der Waals surface area (Å²) < 4.78 is 17.3. The first-order valence-electron chi connectivity index (χ1n) is 10.6. The molecular formula is C22H25BrN12O3. The first kappa shape index (κ1) is 27.6. The second-order valence-corrected chi connectivity index (χ2v) is 7.87. The Bertz CT molecular complexity index is 1350. The van der Waals surface area contributed by atoms with Gasteiger partial charge in [0.1, 0.15) is 11.4 Å². The van der Waals surface area contributed by atoms with Crippen LogP contribution in [-0.2, 0) is 0 Å². The molecule has 0 saturated heterocycles. The Morgan fingerprint density at radius 1 is 0.684 bits per heavy atom. The molecule has 0 bridgehead atoms. The van der Waals surface area contributed by atoms with Crippen LogP contribution < -0.4 is 31.4 Å². The van der Waals surface area contributed by atoms with E-state index in [1.54, 1.807) is 68.1 Å². The molecule has 0 aliphatic rings. The average molecular weight is 585 g/mol. The number of methoxy groups -OCH3 is 3. The Labute approximate surface area is 225 Å². The van der Waals surface area contributed by atoms with Crippen molar-refractivity contribution >= 4 is 33.0 Å². The number of ether oxygens (including phenoxy) is 3. The molecule has 15 nitrogen and oxygen atoms in total. The Morgan fingerprint density at radius 3 is 1.68 bits per heavy atom. The van der Waals surface area contributed by atoms with E-state index in [1.165, 1.54) is 24.3 Å². The fourth-order valence-corrected chi connectivity index (χ4v) is 3.33. The standard InChI is InChI=1S/2C8H9N5O.C6H7BrN2O/c1-14-8-7(4-6(9)5-10-8)13-3-2-11-12-13;1-14-8-7(4-6(9)5-10-8)13-11-2-3-12-13;1-10-6-5(7)2-4(8)3-9-6/h2*2-5H,9H2,1H3;2-3H,8H2,1H3. The van der Waals surface area contributed by atoms with Gasteiger partial charge in [-0.05, 0) is 34.1 Å². The minimum absolute atomic E-state index is 0.440. The van der Waals surface area contributed by atoms with Gasteiger partial charge in [-0.25, -0.2) is 19.6 Å². The Balaban J connectivity index is 0.000000161. The van der Waals surface area contributed by atoms with Crippen LogP contribution in [0.4, 0.5) is 17.1 Å². The van der Waals surface area contributed by atoms with Gasteiger partial charge in [0.25, 0.3) is 0 Å². The highest BCUT2D eigenvalue weighted by Crippen LogP contribution is 2.23. The third kappa shape index (κ3) is 7.26. The van der Waals surface area contributed by atoms with Crippen molar-refractivity contribution in [3.05, 3.63) is 66.0 Å². The largest absolute Gasteiger partial charge is 0.480 e. The molecule has 0 aliphatic carbocycles. The minimum Gasteiger partial charge on any atom is -0.480 e. The minimum atomic E-state index is 0.440. The molecule has 6 N–H and O–H groups in total. The summed E-state index contributed by atoms with van der Waals surface area (Å²) in [5.74, 6) is 1.45. The molecule has 0 atom stereocenters. The molecule has 0 saturated carbocycles. The third-order valence-corrected chi connectivity index (χ3v) is 4.99. The fourth-order valence-electron chi connectivity index (χ4n) is 2.80. The first-order valence-corrected chi connectivity index (χ1v) is 11.4. The lowest BCUT2D eigenvalue weighted by Crippen LogP contribution is -2.04. The van der Waals surface area contributed by atoms with Crippen molar-refractivity contribution in [2.45, 2.75) is 0 Å². The highest BCUT2D eigenvalue weighted by atomic mass is 79.9. The monoisotopic (exact) mass is 584 g/mol. The molecule has 5 aromatic heterocycles. The Morgan fingerprint density at radius 2 is 1.18 bits per heavy atom. The van der Waals surface area contributed by atoms with Crippen LogP contribution in [0.15, 0.2) is 66.0 Å². The van der Waals surface area contributed by atoms with Crippen molar-refractivity contribution in [1.82, 2.24) is 44.9 Å². The van der Waals surface area contributed by atoms with E-state index in [4.69, 9.17) is 31.4 Å². The van der Waals surface area contributed by atoms with Crippen LogP contribution >= 0.6 is 15.9 Å². The average Bonchev–Trinajstić information content (AvgIpc) is 3.65. The molecule has 5 aromatic rings. The van der Waals surface area contributed by atoms with Crippen LogP contribution in [0.5, 0.6) is 17.6 Å². The van der Waals surface area contributed by atoms with Crippen molar-refractivity contribution in [3.8, 4) is 29.0 Å². The number of rotatable bonds is 5. The summed E-state index contributed by atoms with van der Waals surface area (Å²) in [5.41, 5.74) is 19.6. The molecule has 198 valence electrons. The van der Waals surface area contributed by atoms with Crippen molar-refractivity contribution in [2.75, 3.05) is 38.5 Å². The topological polar surface area (TPSA) is 206 Å². The molecule has 0 aliphatic heterocycles. The smallest absolute Gasteiger partial charge is 0.241 e. The quantitative estimate of drug-likeness (QED) is 0.270. The Hall–Kier alpha value is -4.99. The molecule has 0 fully saturated rings. The second-order valence-electron chi connectivity index (χ2n) is 7.02. The molecule has 0 amide bonds. The van der Waals surface area contributed by atoms with Gasteiger partial charge in [-0.2, -0.15) is 10.2 Å². The van der Waals surface area contributed by atoms with Crippen LogP contribution in [0.1, 0.15) is 0 Å². The maximum atomic E-state index is 5.61. The van der Waals surface area contributed by atoms with Gasteiger partial charge in [0.05, 0.1) is 86.2 Å². The zero-order chi connectivity index (χ0) is 27.5. The maximum absolute atomic E-state index is 5.61. The van der Waals surface area contributed by atoms with Gasteiger partial charge in [0.15, 0.2) is 0 Å². The van der Waals surface area contributed by atoms with E-state index in [0.29, 0.717) is 46.1 Å². The lowest BCUT2D eigenvalue weighted by atomic mass is 10.3. The lowest BCUT2D eigenvalue weighted by molar-refractivity contribution is 0.393.